The number of benzene rings is 1. The number of rotatable bonds is 7. The molecule has 0 unspecified atom stereocenters. The molecule has 0 aliphatic carbocycles. The van der Waals surface area contributed by atoms with E-state index in [1.54, 1.807) is 23.7 Å². The highest BCUT2D eigenvalue weighted by molar-refractivity contribution is 7.18. The van der Waals surface area contributed by atoms with Gasteiger partial charge in [-0.25, -0.2) is 9.97 Å². The van der Waals surface area contributed by atoms with Gasteiger partial charge in [0.1, 0.15) is 5.82 Å². The van der Waals surface area contributed by atoms with E-state index < -0.39 is 0 Å². The van der Waals surface area contributed by atoms with Crippen molar-refractivity contribution in [1.29, 1.82) is 0 Å². The second-order valence-electron chi connectivity index (χ2n) is 7.31. The molecule has 0 amide bonds. The SMILES string of the molecule is Cn1nccc1-c1csc2c(NCCCc3ccccc3)nc(-c3ccncc3)nc12. The van der Waals surface area contributed by atoms with E-state index >= 15 is 0 Å². The number of nitrogens with zero attached hydrogens (tertiary/aromatic N) is 5. The molecule has 31 heavy (non-hydrogen) atoms. The van der Waals surface area contributed by atoms with Crippen LogP contribution in [0.2, 0.25) is 0 Å². The van der Waals surface area contributed by atoms with Crippen LogP contribution in [-0.2, 0) is 13.5 Å². The summed E-state index contributed by atoms with van der Waals surface area (Å²) in [5.74, 6) is 1.57. The smallest absolute Gasteiger partial charge is 0.162 e. The van der Waals surface area contributed by atoms with Crippen LogP contribution in [0.15, 0.2) is 72.5 Å². The lowest BCUT2D eigenvalue weighted by molar-refractivity contribution is 0.776. The van der Waals surface area contributed by atoms with Crippen molar-refractivity contribution in [2.75, 3.05) is 11.9 Å². The Balaban J connectivity index is 1.49. The van der Waals surface area contributed by atoms with E-state index in [0.717, 1.165) is 52.2 Å². The number of anilines is 1. The van der Waals surface area contributed by atoms with Crippen molar-refractivity contribution in [3.63, 3.8) is 0 Å². The molecule has 5 rings (SSSR count). The molecule has 0 saturated carbocycles. The maximum Gasteiger partial charge on any atom is 0.162 e. The van der Waals surface area contributed by atoms with Crippen LogP contribution in [0.3, 0.4) is 0 Å². The Morgan fingerprint density at radius 3 is 2.58 bits per heavy atom. The normalized spacial score (nSPS) is 11.1. The van der Waals surface area contributed by atoms with E-state index in [0.29, 0.717) is 5.82 Å². The first-order chi connectivity index (χ1) is 15.3. The molecule has 4 aromatic heterocycles. The molecule has 0 aliphatic heterocycles. The van der Waals surface area contributed by atoms with Gasteiger partial charge < -0.3 is 5.32 Å². The van der Waals surface area contributed by atoms with Gasteiger partial charge >= 0.3 is 0 Å². The summed E-state index contributed by atoms with van der Waals surface area (Å²) in [6.45, 7) is 0.843. The van der Waals surface area contributed by atoms with Crippen LogP contribution in [0.4, 0.5) is 5.82 Å². The maximum absolute atomic E-state index is 4.93. The van der Waals surface area contributed by atoms with Crippen LogP contribution in [0.25, 0.3) is 32.9 Å². The summed E-state index contributed by atoms with van der Waals surface area (Å²) in [6.07, 6.45) is 7.41. The third kappa shape index (κ3) is 4.04. The molecule has 0 spiro atoms. The minimum absolute atomic E-state index is 0.697. The van der Waals surface area contributed by atoms with Crippen LogP contribution >= 0.6 is 11.3 Å². The zero-order chi connectivity index (χ0) is 21.0. The third-order valence-electron chi connectivity index (χ3n) is 5.23. The molecule has 0 fully saturated rings. The molecular formula is C24H22N6S. The summed E-state index contributed by atoms with van der Waals surface area (Å²) in [6, 6.07) is 16.5. The van der Waals surface area contributed by atoms with Gasteiger partial charge in [-0.3, -0.25) is 9.67 Å². The molecular weight excluding hydrogens is 404 g/mol. The van der Waals surface area contributed by atoms with Crippen LogP contribution in [0, 0.1) is 0 Å². The van der Waals surface area contributed by atoms with E-state index in [4.69, 9.17) is 9.97 Å². The Morgan fingerprint density at radius 2 is 1.81 bits per heavy atom. The molecule has 0 radical (unpaired) electrons. The lowest BCUT2D eigenvalue weighted by atomic mass is 10.1. The first-order valence-electron chi connectivity index (χ1n) is 10.3. The first-order valence-corrected chi connectivity index (χ1v) is 11.1. The lowest BCUT2D eigenvalue weighted by Crippen LogP contribution is -2.06. The van der Waals surface area contributed by atoms with Crippen molar-refractivity contribution in [2.45, 2.75) is 12.8 Å². The van der Waals surface area contributed by atoms with Crippen molar-refractivity contribution < 1.29 is 0 Å². The Kier molecular flexibility index (Phi) is 5.41. The molecule has 154 valence electrons. The van der Waals surface area contributed by atoms with Gasteiger partial charge in [-0.15, -0.1) is 11.3 Å². The van der Waals surface area contributed by atoms with Crippen LogP contribution in [0.5, 0.6) is 0 Å². The fraction of sp³-hybridized carbons (Fsp3) is 0.167. The molecule has 0 aliphatic rings. The number of aryl methyl sites for hydroxylation is 2. The van der Waals surface area contributed by atoms with Crippen molar-refractivity contribution in [1.82, 2.24) is 24.7 Å². The van der Waals surface area contributed by atoms with Crippen molar-refractivity contribution in [3.05, 3.63) is 78.1 Å². The van der Waals surface area contributed by atoms with E-state index in [1.165, 1.54) is 5.56 Å². The fourth-order valence-electron chi connectivity index (χ4n) is 3.63. The topological polar surface area (TPSA) is 68.5 Å². The van der Waals surface area contributed by atoms with E-state index in [-0.39, 0.29) is 0 Å². The third-order valence-corrected chi connectivity index (χ3v) is 6.20. The van der Waals surface area contributed by atoms with Gasteiger partial charge in [0.15, 0.2) is 5.82 Å². The summed E-state index contributed by atoms with van der Waals surface area (Å²) in [7, 11) is 1.95. The van der Waals surface area contributed by atoms with Gasteiger partial charge in [-0.1, -0.05) is 30.3 Å². The number of aromatic nitrogens is 5. The average molecular weight is 427 g/mol. The predicted octanol–water partition coefficient (Wildman–Crippen LogP) is 5.20. The van der Waals surface area contributed by atoms with Crippen molar-refractivity contribution in [2.24, 2.45) is 7.05 Å². The van der Waals surface area contributed by atoms with E-state index in [9.17, 15) is 0 Å². The van der Waals surface area contributed by atoms with Gasteiger partial charge in [-0.05, 0) is 36.6 Å². The highest BCUT2D eigenvalue weighted by Gasteiger charge is 2.17. The zero-order valence-electron chi connectivity index (χ0n) is 17.2. The molecule has 4 heterocycles. The quantitative estimate of drug-likeness (QED) is 0.362. The summed E-state index contributed by atoms with van der Waals surface area (Å²) in [5, 5.41) is 10.0. The number of hydrogen-bond acceptors (Lipinski definition) is 6. The van der Waals surface area contributed by atoms with Gasteiger partial charge in [0.05, 0.1) is 15.9 Å². The molecule has 0 saturated heterocycles. The minimum atomic E-state index is 0.697. The standard InChI is InChI=1S/C24H22N6S/c1-30-20(11-15-27-30)19-16-31-22-21(19)28-23(18-9-13-25-14-10-18)29-24(22)26-12-5-8-17-6-3-2-4-7-17/h2-4,6-7,9-11,13-16H,5,8,12H2,1H3,(H,26,28,29). The molecule has 0 bridgehead atoms. The van der Waals surface area contributed by atoms with Gasteiger partial charge in [0.2, 0.25) is 0 Å². The second-order valence-corrected chi connectivity index (χ2v) is 8.19. The number of thiophene rings is 1. The fourth-order valence-corrected chi connectivity index (χ4v) is 4.60. The summed E-state index contributed by atoms with van der Waals surface area (Å²) >= 11 is 1.66. The number of fused-ring (bicyclic) bond motifs is 1. The molecule has 6 nitrogen and oxygen atoms in total. The van der Waals surface area contributed by atoms with Gasteiger partial charge in [0.25, 0.3) is 0 Å². The highest BCUT2D eigenvalue weighted by Crippen LogP contribution is 2.37. The highest BCUT2D eigenvalue weighted by atomic mass is 32.1. The summed E-state index contributed by atoms with van der Waals surface area (Å²) in [4.78, 5) is 13.9. The average Bonchev–Trinajstić information content (AvgIpc) is 3.43. The van der Waals surface area contributed by atoms with E-state index in [1.807, 2.05) is 36.1 Å². The summed E-state index contributed by atoms with van der Waals surface area (Å²) in [5.41, 5.74) is 5.36. The predicted molar refractivity (Wildman–Crippen MR) is 126 cm³/mol. The molecule has 1 aromatic carbocycles. The maximum atomic E-state index is 4.93. The van der Waals surface area contributed by atoms with Gasteiger partial charge in [-0.2, -0.15) is 5.10 Å². The van der Waals surface area contributed by atoms with E-state index in [2.05, 4.69) is 51.1 Å². The number of hydrogen-bond donors (Lipinski definition) is 1. The largest absolute Gasteiger partial charge is 0.369 e. The molecule has 1 N–H and O–H groups in total. The molecule has 0 atom stereocenters. The van der Waals surface area contributed by atoms with Crippen LogP contribution < -0.4 is 5.32 Å². The monoisotopic (exact) mass is 426 g/mol. The van der Waals surface area contributed by atoms with Gasteiger partial charge in [0, 0.05) is 48.7 Å². The van der Waals surface area contributed by atoms with Crippen molar-refractivity contribution >= 4 is 27.4 Å². The Bertz CT molecular complexity index is 1290. The second kappa shape index (κ2) is 8.65. The molecule has 7 heteroatoms. The zero-order valence-corrected chi connectivity index (χ0v) is 18.0. The van der Waals surface area contributed by atoms with Crippen LogP contribution in [-0.4, -0.2) is 31.3 Å². The first kappa shape index (κ1) is 19.4. The van der Waals surface area contributed by atoms with Crippen molar-refractivity contribution in [3.8, 4) is 22.6 Å². The Hall–Kier alpha value is -3.58. The lowest BCUT2D eigenvalue weighted by Gasteiger charge is -2.10. The minimum Gasteiger partial charge on any atom is -0.369 e. The number of nitrogens with one attached hydrogen (secondary N) is 1. The van der Waals surface area contributed by atoms with Crippen LogP contribution in [0.1, 0.15) is 12.0 Å². The molecule has 5 aromatic rings. The Morgan fingerprint density at radius 1 is 0.968 bits per heavy atom. The summed E-state index contributed by atoms with van der Waals surface area (Å²) < 4.78 is 2.94. The number of pyridine rings is 1. The Labute approximate surface area is 184 Å².